The number of aliphatic carboxylic acids is 1. The fraction of sp³-hybridized carbons (Fsp3) is 0.867. The van der Waals surface area contributed by atoms with Gasteiger partial charge in [0.15, 0.2) is 0 Å². The van der Waals surface area contributed by atoms with Crippen LogP contribution < -0.4 is 5.32 Å². The second-order valence-electron chi connectivity index (χ2n) is 6.68. The maximum Gasteiger partial charge on any atom is 0.309 e. The predicted octanol–water partition coefficient (Wildman–Crippen LogP) is 1.48. The van der Waals surface area contributed by atoms with Gasteiger partial charge in [-0.3, -0.25) is 9.59 Å². The normalized spacial score (nSPS) is 23.7. The molecular formula is C15H26N2O3. The molecular weight excluding hydrogens is 256 g/mol. The van der Waals surface area contributed by atoms with Crippen LogP contribution in [0.25, 0.3) is 0 Å². The standard InChI is InChI=1S/C15H26N2O3/c1-15(2,14(19)20)11-4-3-9-17(10-11)13(18)7-8-16-12-5-6-12/h11-12,16H,3-10H2,1-2H3,(H,19,20). The molecule has 20 heavy (non-hydrogen) atoms. The minimum absolute atomic E-state index is 0.0501. The first kappa shape index (κ1) is 15.3. The average Bonchev–Trinajstić information content (AvgIpc) is 3.22. The molecule has 2 aliphatic rings. The SMILES string of the molecule is CC(C)(C(=O)O)C1CCCN(C(=O)CCNC2CC2)C1. The summed E-state index contributed by atoms with van der Waals surface area (Å²) in [6.45, 7) is 5.63. The molecule has 0 aromatic carbocycles. The van der Waals surface area contributed by atoms with E-state index in [0.717, 1.165) is 25.9 Å². The summed E-state index contributed by atoms with van der Waals surface area (Å²) < 4.78 is 0. The Bertz CT molecular complexity index is 377. The van der Waals surface area contributed by atoms with E-state index in [4.69, 9.17) is 0 Å². The summed E-state index contributed by atoms with van der Waals surface area (Å²) >= 11 is 0. The first-order valence-corrected chi connectivity index (χ1v) is 7.66. The number of likely N-dealkylation sites (tertiary alicyclic amines) is 1. The van der Waals surface area contributed by atoms with Gasteiger partial charge in [0.05, 0.1) is 5.41 Å². The molecule has 114 valence electrons. The van der Waals surface area contributed by atoms with Crippen molar-refractivity contribution in [2.24, 2.45) is 11.3 Å². The number of carbonyl (C=O) groups excluding carboxylic acids is 1. The Hall–Kier alpha value is -1.10. The molecule has 2 fully saturated rings. The Morgan fingerprint density at radius 2 is 2.00 bits per heavy atom. The summed E-state index contributed by atoms with van der Waals surface area (Å²) in [7, 11) is 0. The molecule has 2 rings (SSSR count). The van der Waals surface area contributed by atoms with Crippen LogP contribution in [-0.2, 0) is 9.59 Å². The summed E-state index contributed by atoms with van der Waals surface area (Å²) in [6, 6.07) is 0.628. The van der Waals surface area contributed by atoms with E-state index in [2.05, 4.69) is 5.32 Å². The third-order valence-electron chi connectivity index (χ3n) is 4.70. The first-order chi connectivity index (χ1) is 9.41. The first-order valence-electron chi connectivity index (χ1n) is 7.66. The average molecular weight is 282 g/mol. The van der Waals surface area contributed by atoms with Crippen LogP contribution in [0.1, 0.15) is 46.0 Å². The van der Waals surface area contributed by atoms with Gasteiger partial charge in [-0.15, -0.1) is 0 Å². The lowest BCUT2D eigenvalue weighted by Crippen LogP contribution is -2.47. The van der Waals surface area contributed by atoms with E-state index < -0.39 is 11.4 Å². The van der Waals surface area contributed by atoms with Gasteiger partial charge in [0.2, 0.25) is 5.91 Å². The maximum atomic E-state index is 12.2. The number of amides is 1. The third kappa shape index (κ3) is 3.72. The van der Waals surface area contributed by atoms with Crippen LogP contribution in [0.15, 0.2) is 0 Å². The van der Waals surface area contributed by atoms with E-state index in [1.165, 1.54) is 12.8 Å². The van der Waals surface area contributed by atoms with Crippen LogP contribution in [0.3, 0.4) is 0 Å². The number of rotatable bonds is 6. The van der Waals surface area contributed by atoms with Gasteiger partial charge in [-0.25, -0.2) is 0 Å². The van der Waals surface area contributed by atoms with Crippen molar-refractivity contribution in [2.45, 2.75) is 52.0 Å². The number of nitrogens with zero attached hydrogens (tertiary/aromatic N) is 1. The van der Waals surface area contributed by atoms with Gasteiger partial charge >= 0.3 is 5.97 Å². The lowest BCUT2D eigenvalue weighted by Gasteiger charge is -2.39. The van der Waals surface area contributed by atoms with Crippen LogP contribution in [0, 0.1) is 11.3 Å². The van der Waals surface area contributed by atoms with E-state index in [1.807, 2.05) is 4.90 Å². The molecule has 0 spiro atoms. The quantitative estimate of drug-likeness (QED) is 0.774. The van der Waals surface area contributed by atoms with Crippen molar-refractivity contribution < 1.29 is 14.7 Å². The molecule has 5 nitrogen and oxygen atoms in total. The van der Waals surface area contributed by atoms with Crippen LogP contribution in [0.4, 0.5) is 0 Å². The molecule has 1 aliphatic heterocycles. The van der Waals surface area contributed by atoms with Crippen molar-refractivity contribution >= 4 is 11.9 Å². The zero-order valence-corrected chi connectivity index (χ0v) is 12.5. The molecule has 1 heterocycles. The van der Waals surface area contributed by atoms with E-state index in [9.17, 15) is 14.7 Å². The van der Waals surface area contributed by atoms with Gasteiger partial charge in [0.1, 0.15) is 0 Å². The fourth-order valence-corrected chi connectivity index (χ4v) is 2.80. The summed E-state index contributed by atoms with van der Waals surface area (Å²) in [5.41, 5.74) is -0.759. The van der Waals surface area contributed by atoms with Crippen LogP contribution in [0.2, 0.25) is 0 Å². The molecule has 1 saturated heterocycles. The summed E-state index contributed by atoms with van der Waals surface area (Å²) in [5.74, 6) is -0.565. The zero-order chi connectivity index (χ0) is 14.8. The Morgan fingerprint density at radius 3 is 2.60 bits per heavy atom. The number of hydrogen-bond donors (Lipinski definition) is 2. The number of piperidine rings is 1. The van der Waals surface area contributed by atoms with Gasteiger partial charge in [-0.1, -0.05) is 0 Å². The largest absolute Gasteiger partial charge is 0.481 e. The highest BCUT2D eigenvalue weighted by Crippen LogP contribution is 2.34. The van der Waals surface area contributed by atoms with Crippen molar-refractivity contribution in [3.63, 3.8) is 0 Å². The minimum atomic E-state index is -0.771. The lowest BCUT2D eigenvalue weighted by molar-refractivity contribution is -0.153. The molecule has 5 heteroatoms. The molecule has 0 bridgehead atoms. The van der Waals surface area contributed by atoms with E-state index in [0.29, 0.717) is 19.0 Å². The van der Waals surface area contributed by atoms with Crippen molar-refractivity contribution in [1.29, 1.82) is 0 Å². The van der Waals surface area contributed by atoms with Gasteiger partial charge in [0, 0.05) is 32.1 Å². The van der Waals surface area contributed by atoms with Crippen LogP contribution in [0.5, 0.6) is 0 Å². The Balaban J connectivity index is 1.82. The molecule has 1 atom stereocenters. The van der Waals surface area contributed by atoms with Gasteiger partial charge in [-0.05, 0) is 45.4 Å². The van der Waals surface area contributed by atoms with Crippen molar-refractivity contribution in [3.8, 4) is 0 Å². The highest BCUT2D eigenvalue weighted by molar-refractivity contribution is 5.77. The second-order valence-corrected chi connectivity index (χ2v) is 6.68. The Morgan fingerprint density at radius 1 is 1.30 bits per heavy atom. The molecule has 1 amide bonds. The summed E-state index contributed by atoms with van der Waals surface area (Å²) in [6.07, 6.45) is 4.78. The Kier molecular flexibility index (Phi) is 4.68. The van der Waals surface area contributed by atoms with E-state index >= 15 is 0 Å². The second kappa shape index (κ2) is 6.12. The van der Waals surface area contributed by atoms with E-state index in [1.54, 1.807) is 13.8 Å². The third-order valence-corrected chi connectivity index (χ3v) is 4.70. The molecule has 0 radical (unpaired) electrons. The summed E-state index contributed by atoms with van der Waals surface area (Å²) in [4.78, 5) is 25.4. The highest BCUT2D eigenvalue weighted by Gasteiger charge is 2.39. The number of carboxylic acids is 1. The maximum absolute atomic E-state index is 12.2. The molecule has 1 unspecified atom stereocenters. The zero-order valence-electron chi connectivity index (χ0n) is 12.5. The smallest absolute Gasteiger partial charge is 0.309 e. The monoisotopic (exact) mass is 282 g/mol. The van der Waals surface area contributed by atoms with Gasteiger partial charge < -0.3 is 15.3 Å². The number of carboxylic acid groups (broad SMARTS) is 1. The van der Waals surface area contributed by atoms with Crippen LogP contribution >= 0.6 is 0 Å². The number of carbonyl (C=O) groups is 2. The molecule has 1 saturated carbocycles. The molecule has 1 aliphatic carbocycles. The molecule has 0 aromatic heterocycles. The predicted molar refractivity (Wildman–Crippen MR) is 76.4 cm³/mol. The Labute approximate surface area is 120 Å². The minimum Gasteiger partial charge on any atom is -0.481 e. The summed E-state index contributed by atoms with van der Waals surface area (Å²) in [5, 5.41) is 12.7. The van der Waals surface area contributed by atoms with Crippen molar-refractivity contribution in [2.75, 3.05) is 19.6 Å². The molecule has 0 aromatic rings. The van der Waals surface area contributed by atoms with Crippen molar-refractivity contribution in [3.05, 3.63) is 0 Å². The number of hydrogen-bond acceptors (Lipinski definition) is 3. The lowest BCUT2D eigenvalue weighted by atomic mass is 9.74. The van der Waals surface area contributed by atoms with Crippen LogP contribution in [-0.4, -0.2) is 47.6 Å². The van der Waals surface area contributed by atoms with Gasteiger partial charge in [0.25, 0.3) is 0 Å². The molecule has 2 N–H and O–H groups in total. The number of nitrogens with one attached hydrogen (secondary N) is 1. The van der Waals surface area contributed by atoms with Crippen molar-refractivity contribution in [1.82, 2.24) is 10.2 Å². The topological polar surface area (TPSA) is 69.6 Å². The highest BCUT2D eigenvalue weighted by atomic mass is 16.4. The fourth-order valence-electron chi connectivity index (χ4n) is 2.80. The van der Waals surface area contributed by atoms with E-state index in [-0.39, 0.29) is 11.8 Å². The van der Waals surface area contributed by atoms with Gasteiger partial charge in [-0.2, -0.15) is 0 Å².